The molecule has 0 rings (SSSR count). The van der Waals surface area contributed by atoms with E-state index in [9.17, 15) is 18.9 Å². The summed E-state index contributed by atoms with van der Waals surface area (Å²) in [7, 11) is -8.30. The monoisotopic (exact) mass is 445 g/mol. The number of hydrogen-bond acceptors (Lipinski definition) is 5. The lowest BCUT2D eigenvalue weighted by atomic mass is 10.1. The van der Waals surface area contributed by atoms with Crippen LogP contribution in [-0.4, -0.2) is 57.7 Å². The third kappa shape index (κ3) is 19.5. The van der Waals surface area contributed by atoms with Gasteiger partial charge in [-0.1, -0.05) is 32.1 Å². The Morgan fingerprint density at radius 2 is 1.25 bits per heavy atom. The van der Waals surface area contributed by atoms with Gasteiger partial charge in [-0.2, -0.15) is 0 Å². The lowest BCUT2D eigenvalue weighted by Crippen LogP contribution is -2.30. The van der Waals surface area contributed by atoms with Gasteiger partial charge in [-0.15, -0.1) is 0 Å². The van der Waals surface area contributed by atoms with E-state index >= 15 is 0 Å². The van der Waals surface area contributed by atoms with E-state index in [0.29, 0.717) is 13.0 Å². The zero-order valence-corrected chi connectivity index (χ0v) is 18.8. The molecule has 0 fully saturated rings. The molecule has 0 aliphatic heterocycles. The van der Waals surface area contributed by atoms with Gasteiger partial charge in [-0.25, -0.2) is 0 Å². The number of nitrogens with two attached hydrogens (primary N) is 1. The van der Waals surface area contributed by atoms with Crippen molar-refractivity contribution in [3.05, 3.63) is 0 Å². The SMILES string of the molecule is NCCCCCCNCCCCCCNC(CCCCP(=O)(O)O)P(=O)(O)O. The van der Waals surface area contributed by atoms with Crippen molar-refractivity contribution in [1.82, 2.24) is 10.6 Å². The Hall–Kier alpha value is 0.180. The molecular weight excluding hydrogens is 404 g/mol. The van der Waals surface area contributed by atoms with Crippen molar-refractivity contribution >= 4 is 15.2 Å². The molecule has 0 aromatic rings. The van der Waals surface area contributed by atoms with Crippen molar-refractivity contribution in [2.75, 3.05) is 32.3 Å². The minimum Gasteiger partial charge on any atom is -0.330 e. The molecule has 0 aliphatic rings. The molecule has 9 nitrogen and oxygen atoms in total. The van der Waals surface area contributed by atoms with E-state index in [4.69, 9.17) is 15.5 Å². The maximum atomic E-state index is 11.5. The van der Waals surface area contributed by atoms with E-state index in [2.05, 4.69) is 10.6 Å². The molecule has 0 heterocycles. The molecule has 11 heteroatoms. The predicted molar refractivity (Wildman–Crippen MR) is 113 cm³/mol. The number of unbranched alkanes of at least 4 members (excludes halogenated alkanes) is 7. The van der Waals surface area contributed by atoms with E-state index in [0.717, 1.165) is 51.7 Å². The van der Waals surface area contributed by atoms with Gasteiger partial charge in [-0.05, 0) is 64.7 Å². The van der Waals surface area contributed by atoms with Gasteiger partial charge in [0.25, 0.3) is 0 Å². The maximum absolute atomic E-state index is 11.5. The molecule has 0 amide bonds. The third-order valence-electron chi connectivity index (χ3n) is 4.55. The Morgan fingerprint density at radius 1 is 0.714 bits per heavy atom. The highest BCUT2D eigenvalue weighted by atomic mass is 31.2. The van der Waals surface area contributed by atoms with Gasteiger partial charge in [0, 0.05) is 6.16 Å². The Labute approximate surface area is 169 Å². The van der Waals surface area contributed by atoms with Crippen LogP contribution >= 0.6 is 15.2 Å². The summed E-state index contributed by atoms with van der Waals surface area (Å²) in [5, 5.41) is 6.34. The molecule has 0 bridgehead atoms. The zero-order chi connectivity index (χ0) is 21.3. The largest absolute Gasteiger partial charge is 0.342 e. The number of hydrogen-bond donors (Lipinski definition) is 7. The van der Waals surface area contributed by atoms with E-state index in [1.807, 2.05) is 0 Å². The molecular formula is C17H41N3O6P2. The van der Waals surface area contributed by atoms with Gasteiger partial charge >= 0.3 is 15.2 Å². The molecule has 8 N–H and O–H groups in total. The smallest absolute Gasteiger partial charge is 0.330 e. The molecule has 0 aliphatic carbocycles. The summed E-state index contributed by atoms with van der Waals surface area (Å²) in [4.78, 5) is 36.4. The van der Waals surface area contributed by atoms with E-state index in [1.54, 1.807) is 0 Å². The fraction of sp³-hybridized carbons (Fsp3) is 1.00. The second-order valence-corrected chi connectivity index (χ2v) is 10.9. The van der Waals surface area contributed by atoms with Crippen LogP contribution in [0.15, 0.2) is 0 Å². The van der Waals surface area contributed by atoms with Gasteiger partial charge in [0.1, 0.15) is 5.78 Å². The second-order valence-electron chi connectivity index (χ2n) is 7.31. The lowest BCUT2D eigenvalue weighted by Gasteiger charge is -2.20. The Kier molecular flexibility index (Phi) is 17.0. The molecule has 0 saturated carbocycles. The van der Waals surface area contributed by atoms with Crippen molar-refractivity contribution in [3.8, 4) is 0 Å². The van der Waals surface area contributed by atoms with Crippen LogP contribution in [0.4, 0.5) is 0 Å². The van der Waals surface area contributed by atoms with Crippen LogP contribution < -0.4 is 16.4 Å². The van der Waals surface area contributed by atoms with Crippen molar-refractivity contribution in [2.45, 2.75) is 76.4 Å². The summed E-state index contributed by atoms with van der Waals surface area (Å²) in [5.41, 5.74) is 5.45. The Morgan fingerprint density at radius 3 is 1.75 bits per heavy atom. The van der Waals surface area contributed by atoms with Crippen LogP contribution in [0.1, 0.15) is 70.6 Å². The Bertz CT molecular complexity index is 458. The zero-order valence-electron chi connectivity index (χ0n) is 17.0. The van der Waals surface area contributed by atoms with Crippen LogP contribution in [0.3, 0.4) is 0 Å². The second kappa shape index (κ2) is 16.9. The molecule has 170 valence electrons. The predicted octanol–water partition coefficient (Wildman–Crippen LogP) is 2.10. The summed E-state index contributed by atoms with van der Waals surface area (Å²) < 4.78 is 22.3. The van der Waals surface area contributed by atoms with Crippen molar-refractivity contribution < 1.29 is 28.7 Å². The summed E-state index contributed by atoms with van der Waals surface area (Å²) in [6.45, 7) is 3.34. The number of rotatable bonds is 20. The van der Waals surface area contributed by atoms with Gasteiger partial charge in [0.05, 0.1) is 0 Å². The van der Waals surface area contributed by atoms with Crippen LogP contribution in [-0.2, 0) is 9.13 Å². The van der Waals surface area contributed by atoms with Gasteiger partial charge in [-0.3, -0.25) is 9.13 Å². The fourth-order valence-corrected chi connectivity index (χ4v) is 4.44. The maximum Gasteiger partial charge on any atom is 0.342 e. The summed E-state index contributed by atoms with van der Waals surface area (Å²) in [5.74, 6) is -0.940. The topological polar surface area (TPSA) is 165 Å². The van der Waals surface area contributed by atoms with E-state index in [1.165, 1.54) is 19.3 Å². The highest BCUT2D eigenvalue weighted by Gasteiger charge is 2.27. The quantitative estimate of drug-likeness (QED) is 0.110. The first-order chi connectivity index (χ1) is 13.2. The summed E-state index contributed by atoms with van der Waals surface area (Å²) >= 11 is 0. The van der Waals surface area contributed by atoms with E-state index < -0.39 is 21.0 Å². The van der Waals surface area contributed by atoms with Crippen LogP contribution in [0.5, 0.6) is 0 Å². The average molecular weight is 445 g/mol. The summed E-state index contributed by atoms with van der Waals surface area (Å²) in [6, 6.07) is 0. The standard InChI is InChI=1S/C17H41N3O6P2/c18-12-6-1-2-7-13-19-14-8-3-4-9-15-20-17(28(24,25)26)11-5-10-16-27(21,22)23/h17,19-20H,1-16,18H2,(H2,21,22,23)(H2,24,25,26). The van der Waals surface area contributed by atoms with Crippen LogP contribution in [0.2, 0.25) is 0 Å². The van der Waals surface area contributed by atoms with E-state index in [-0.39, 0.29) is 19.0 Å². The van der Waals surface area contributed by atoms with Crippen molar-refractivity contribution in [3.63, 3.8) is 0 Å². The molecule has 0 spiro atoms. The molecule has 0 aromatic heterocycles. The molecule has 0 aromatic carbocycles. The highest BCUT2D eigenvalue weighted by molar-refractivity contribution is 7.52. The average Bonchev–Trinajstić information content (AvgIpc) is 2.58. The molecule has 1 atom stereocenters. The van der Waals surface area contributed by atoms with Crippen LogP contribution in [0, 0.1) is 0 Å². The fourth-order valence-electron chi connectivity index (χ4n) is 2.91. The van der Waals surface area contributed by atoms with Gasteiger partial charge in [0.2, 0.25) is 0 Å². The molecule has 0 radical (unpaired) electrons. The van der Waals surface area contributed by atoms with Gasteiger partial charge in [0.15, 0.2) is 0 Å². The van der Waals surface area contributed by atoms with Crippen LogP contribution in [0.25, 0.3) is 0 Å². The van der Waals surface area contributed by atoms with Gasteiger partial charge < -0.3 is 35.9 Å². The molecule has 1 unspecified atom stereocenters. The van der Waals surface area contributed by atoms with Crippen molar-refractivity contribution in [1.29, 1.82) is 0 Å². The minimum atomic E-state index is -4.26. The first-order valence-corrected chi connectivity index (χ1v) is 13.9. The molecule has 28 heavy (non-hydrogen) atoms. The Balaban J connectivity index is 3.64. The first kappa shape index (κ1) is 28.2. The minimum absolute atomic E-state index is 0.208. The first-order valence-electron chi connectivity index (χ1n) is 10.4. The lowest BCUT2D eigenvalue weighted by molar-refractivity contribution is 0.338. The normalized spacial score (nSPS) is 13.8. The third-order valence-corrected chi connectivity index (χ3v) is 6.70. The summed E-state index contributed by atoms with van der Waals surface area (Å²) in [6.07, 6.45) is 9.29. The molecule has 0 saturated heterocycles. The van der Waals surface area contributed by atoms with Crippen molar-refractivity contribution in [2.24, 2.45) is 5.73 Å². The highest BCUT2D eigenvalue weighted by Crippen LogP contribution is 2.42. The number of nitrogens with one attached hydrogen (secondary N) is 2.